The van der Waals surface area contributed by atoms with Crippen molar-refractivity contribution < 1.29 is 22.7 Å². The lowest BCUT2D eigenvalue weighted by atomic mass is 10.0. The average molecular weight is 379 g/mol. The van der Waals surface area contributed by atoms with Crippen LogP contribution < -0.4 is 15.4 Å². The number of benzene rings is 1. The molecule has 8 nitrogen and oxygen atoms in total. The van der Waals surface area contributed by atoms with Gasteiger partial charge in [-0.1, -0.05) is 18.2 Å². The summed E-state index contributed by atoms with van der Waals surface area (Å²) in [6.07, 6.45) is 2.44. The van der Waals surface area contributed by atoms with Gasteiger partial charge in [-0.05, 0) is 36.6 Å². The number of hydrogen-bond donors (Lipinski definition) is 2. The summed E-state index contributed by atoms with van der Waals surface area (Å²) in [5, 5.41) is 4.46. The number of nitrogens with zero attached hydrogens (tertiary/aromatic N) is 1. The number of imide groups is 1. The summed E-state index contributed by atoms with van der Waals surface area (Å²) in [4.78, 5) is 23.2. The van der Waals surface area contributed by atoms with E-state index in [1.165, 1.54) is 11.2 Å². The maximum Gasteiger partial charge on any atom is 0.322 e. The summed E-state index contributed by atoms with van der Waals surface area (Å²) in [5.41, 5.74) is 0.644. The van der Waals surface area contributed by atoms with Gasteiger partial charge in [0.15, 0.2) is 0 Å². The van der Waals surface area contributed by atoms with Crippen molar-refractivity contribution in [3.63, 3.8) is 0 Å². The van der Waals surface area contributed by atoms with Crippen molar-refractivity contribution in [2.75, 3.05) is 26.0 Å². The van der Waals surface area contributed by atoms with Gasteiger partial charge in [-0.3, -0.25) is 10.1 Å². The quantitative estimate of drug-likeness (QED) is 0.733. The van der Waals surface area contributed by atoms with E-state index in [1.807, 2.05) is 30.3 Å². The van der Waals surface area contributed by atoms with Gasteiger partial charge in [0.05, 0.1) is 12.9 Å². The number of nitrogens with one attached hydrogen (secondary N) is 2. The highest BCUT2D eigenvalue weighted by Crippen LogP contribution is 2.26. The molecule has 0 spiro atoms. The van der Waals surface area contributed by atoms with Gasteiger partial charge in [0.2, 0.25) is 10.0 Å². The van der Waals surface area contributed by atoms with E-state index in [9.17, 15) is 18.0 Å². The molecule has 2 N–H and O–H groups in total. The molecule has 2 aliphatic heterocycles. The maximum atomic E-state index is 12.7. The monoisotopic (exact) mass is 379 g/mol. The van der Waals surface area contributed by atoms with Gasteiger partial charge in [-0.15, -0.1) is 0 Å². The zero-order chi connectivity index (χ0) is 18.9. The number of ether oxygens (including phenoxy) is 1. The molecular weight excluding hydrogens is 358 g/mol. The molecule has 1 fully saturated rings. The molecule has 1 unspecified atom stereocenters. The molecule has 0 aromatic heterocycles. The van der Waals surface area contributed by atoms with Gasteiger partial charge in [0.25, 0.3) is 5.91 Å². The normalized spacial score (nSPS) is 24.0. The van der Waals surface area contributed by atoms with Crippen LogP contribution >= 0.6 is 0 Å². The van der Waals surface area contributed by atoms with E-state index < -0.39 is 33.3 Å². The number of rotatable bonds is 5. The summed E-state index contributed by atoms with van der Waals surface area (Å²) in [6, 6.07) is 6.93. The molecule has 3 rings (SSSR count). The minimum Gasteiger partial charge on any atom is -0.497 e. The van der Waals surface area contributed by atoms with Crippen molar-refractivity contribution in [2.45, 2.75) is 18.9 Å². The molecule has 0 bridgehead atoms. The summed E-state index contributed by atoms with van der Waals surface area (Å²) in [5.74, 6) is -0.333. The Morgan fingerprint density at radius 2 is 1.92 bits per heavy atom. The second kappa shape index (κ2) is 6.73. The van der Waals surface area contributed by atoms with Crippen LogP contribution in [0.15, 0.2) is 30.3 Å². The molecule has 0 radical (unpaired) electrons. The Hall–Kier alpha value is -2.39. The van der Waals surface area contributed by atoms with Crippen molar-refractivity contribution in [2.24, 2.45) is 0 Å². The van der Waals surface area contributed by atoms with Crippen LogP contribution in [0.3, 0.4) is 0 Å². The Morgan fingerprint density at radius 3 is 2.42 bits per heavy atom. The van der Waals surface area contributed by atoms with Crippen molar-refractivity contribution in [1.82, 2.24) is 14.9 Å². The molecule has 0 aliphatic carbocycles. The number of methoxy groups -OCH3 is 1. The third-order valence-electron chi connectivity index (χ3n) is 4.61. The second-order valence-corrected chi connectivity index (χ2v) is 8.53. The fourth-order valence-electron chi connectivity index (χ4n) is 3.11. The van der Waals surface area contributed by atoms with E-state index in [4.69, 9.17) is 4.74 Å². The van der Waals surface area contributed by atoms with Gasteiger partial charge in [-0.2, -0.15) is 4.31 Å². The van der Waals surface area contributed by atoms with Crippen LogP contribution in [-0.2, 0) is 14.8 Å². The zero-order valence-corrected chi connectivity index (χ0v) is 15.4. The molecule has 2 heterocycles. The topological polar surface area (TPSA) is 105 Å². The highest BCUT2D eigenvalue weighted by molar-refractivity contribution is 7.89. The van der Waals surface area contributed by atoms with Crippen molar-refractivity contribution in [3.05, 3.63) is 35.9 Å². The Labute approximate surface area is 152 Å². The van der Waals surface area contributed by atoms with Crippen molar-refractivity contribution in [1.29, 1.82) is 0 Å². The predicted molar refractivity (Wildman–Crippen MR) is 96.0 cm³/mol. The van der Waals surface area contributed by atoms with Crippen LogP contribution in [0.2, 0.25) is 0 Å². The number of sulfonamides is 1. The van der Waals surface area contributed by atoms with Gasteiger partial charge < -0.3 is 10.1 Å². The Kier molecular flexibility index (Phi) is 4.76. The lowest BCUT2D eigenvalue weighted by Gasteiger charge is -2.29. The first-order valence-corrected chi connectivity index (χ1v) is 9.79. The summed E-state index contributed by atoms with van der Waals surface area (Å²) in [6.45, 7) is 1.97. The molecule has 9 heteroatoms. The molecule has 1 atom stereocenters. The second-order valence-electron chi connectivity index (χ2n) is 6.56. The number of carbonyl (C=O) groups excluding carboxylic acids is 2. The van der Waals surface area contributed by atoms with Crippen LogP contribution in [-0.4, -0.2) is 56.2 Å². The van der Waals surface area contributed by atoms with Gasteiger partial charge >= 0.3 is 6.03 Å². The first-order valence-electron chi connectivity index (χ1n) is 8.18. The summed E-state index contributed by atoms with van der Waals surface area (Å²) >= 11 is 0. The first kappa shape index (κ1) is 18.4. The fourth-order valence-corrected chi connectivity index (χ4v) is 4.89. The van der Waals surface area contributed by atoms with Gasteiger partial charge in [0.1, 0.15) is 11.3 Å². The smallest absolute Gasteiger partial charge is 0.322 e. The number of hydrogen-bond acceptors (Lipinski definition) is 5. The van der Waals surface area contributed by atoms with Crippen LogP contribution in [0.1, 0.15) is 18.9 Å². The molecule has 140 valence electrons. The maximum absolute atomic E-state index is 12.7. The first-order chi connectivity index (χ1) is 12.2. The summed E-state index contributed by atoms with van der Waals surface area (Å²) in [7, 11) is -2.10. The van der Waals surface area contributed by atoms with E-state index in [0.717, 1.165) is 16.9 Å². The average Bonchev–Trinajstić information content (AvgIpc) is 2.86. The van der Waals surface area contributed by atoms with Crippen molar-refractivity contribution in [3.8, 4) is 5.75 Å². The third-order valence-corrected chi connectivity index (χ3v) is 6.68. The molecule has 1 saturated heterocycles. The lowest BCUT2D eigenvalue weighted by Crippen LogP contribution is -2.52. The third kappa shape index (κ3) is 3.58. The van der Waals surface area contributed by atoms with Crippen LogP contribution in [0.4, 0.5) is 4.79 Å². The Bertz CT molecular complexity index is 863. The Morgan fingerprint density at radius 1 is 1.23 bits per heavy atom. The van der Waals surface area contributed by atoms with E-state index in [-0.39, 0.29) is 6.54 Å². The van der Waals surface area contributed by atoms with E-state index in [2.05, 4.69) is 10.6 Å². The minimum absolute atomic E-state index is 0.231. The number of urea groups is 1. The molecule has 0 saturated carbocycles. The van der Waals surface area contributed by atoms with Crippen LogP contribution in [0.25, 0.3) is 5.57 Å². The van der Waals surface area contributed by atoms with E-state index in [1.54, 1.807) is 7.11 Å². The predicted octanol–water partition coefficient (Wildman–Crippen LogP) is 0.712. The Balaban J connectivity index is 1.70. The van der Waals surface area contributed by atoms with E-state index in [0.29, 0.717) is 13.0 Å². The SMILES string of the molecule is COc1ccc(C2=CCN(S(=O)(=O)CC3(C)NC(=O)NC3=O)CC2)cc1. The molecular formula is C17H21N3O5S. The lowest BCUT2D eigenvalue weighted by molar-refractivity contribution is -0.122. The van der Waals surface area contributed by atoms with Crippen molar-refractivity contribution >= 4 is 27.5 Å². The molecule has 1 aromatic rings. The highest BCUT2D eigenvalue weighted by atomic mass is 32.2. The highest BCUT2D eigenvalue weighted by Gasteiger charge is 2.46. The molecule has 26 heavy (non-hydrogen) atoms. The number of carbonyl (C=O) groups is 2. The molecule has 1 aromatic carbocycles. The largest absolute Gasteiger partial charge is 0.497 e. The van der Waals surface area contributed by atoms with Gasteiger partial charge in [0, 0.05) is 13.1 Å². The minimum atomic E-state index is -3.70. The zero-order valence-electron chi connectivity index (χ0n) is 14.6. The van der Waals surface area contributed by atoms with Crippen LogP contribution in [0.5, 0.6) is 5.75 Å². The molecule has 3 amide bonds. The van der Waals surface area contributed by atoms with E-state index >= 15 is 0 Å². The molecule has 2 aliphatic rings. The standard InChI is InChI=1S/C17H21N3O5S/c1-17(15(21)18-16(22)19-17)11-26(23,24)20-9-7-13(8-10-20)12-3-5-14(25-2)6-4-12/h3-7H,8-11H2,1-2H3,(H2,18,19,21,22). The van der Waals surface area contributed by atoms with Crippen LogP contribution in [0, 0.1) is 0 Å². The summed E-state index contributed by atoms with van der Waals surface area (Å²) < 4.78 is 31.8. The number of amides is 3. The fraction of sp³-hybridized carbons (Fsp3) is 0.412. The van der Waals surface area contributed by atoms with Gasteiger partial charge in [-0.25, -0.2) is 13.2 Å².